The van der Waals surface area contributed by atoms with Gasteiger partial charge in [-0.15, -0.1) is 0 Å². The Morgan fingerprint density at radius 2 is 1.88 bits per heavy atom. The third-order valence-electron chi connectivity index (χ3n) is 3.24. The average molecular weight is 233 g/mol. The molecule has 94 valence electrons. The SMILES string of the molecule is Cc1cc(CC(C)N)cc(C)c1OCC1CC1. The number of hydrogen-bond donors (Lipinski definition) is 1. The van der Waals surface area contributed by atoms with Crippen LogP contribution in [0.2, 0.25) is 0 Å². The maximum absolute atomic E-state index is 5.92. The molecule has 0 aliphatic heterocycles. The maximum atomic E-state index is 5.92. The van der Waals surface area contributed by atoms with E-state index in [-0.39, 0.29) is 6.04 Å². The Morgan fingerprint density at radius 1 is 1.29 bits per heavy atom. The van der Waals surface area contributed by atoms with Crippen molar-refractivity contribution in [1.29, 1.82) is 0 Å². The first-order valence-corrected chi connectivity index (χ1v) is 6.54. The molecule has 2 heteroatoms. The molecule has 0 spiro atoms. The Morgan fingerprint density at radius 3 is 2.35 bits per heavy atom. The maximum Gasteiger partial charge on any atom is 0.125 e. The van der Waals surface area contributed by atoms with E-state index in [1.54, 1.807) is 0 Å². The average Bonchev–Trinajstić information content (AvgIpc) is 2.98. The van der Waals surface area contributed by atoms with Gasteiger partial charge >= 0.3 is 0 Å². The van der Waals surface area contributed by atoms with Crippen molar-refractivity contribution in [3.8, 4) is 5.75 Å². The summed E-state index contributed by atoms with van der Waals surface area (Å²) in [5.41, 5.74) is 9.63. The van der Waals surface area contributed by atoms with Crippen molar-refractivity contribution < 1.29 is 4.74 Å². The van der Waals surface area contributed by atoms with Crippen molar-refractivity contribution in [2.45, 2.75) is 46.1 Å². The van der Waals surface area contributed by atoms with Gasteiger partial charge in [-0.25, -0.2) is 0 Å². The summed E-state index contributed by atoms with van der Waals surface area (Å²) in [6.45, 7) is 7.18. The first-order valence-electron chi connectivity index (χ1n) is 6.54. The molecule has 1 fully saturated rings. The van der Waals surface area contributed by atoms with E-state index in [1.165, 1.54) is 29.5 Å². The van der Waals surface area contributed by atoms with Crippen LogP contribution < -0.4 is 10.5 Å². The van der Waals surface area contributed by atoms with Crippen molar-refractivity contribution in [2.24, 2.45) is 11.7 Å². The Kier molecular flexibility index (Phi) is 3.72. The standard InChI is InChI=1S/C15H23NO/c1-10-6-14(8-12(3)16)7-11(2)15(10)17-9-13-4-5-13/h6-7,12-13H,4-5,8-9,16H2,1-3H3. The lowest BCUT2D eigenvalue weighted by molar-refractivity contribution is 0.296. The Labute approximate surface area is 104 Å². The molecule has 0 amide bonds. The summed E-state index contributed by atoms with van der Waals surface area (Å²) in [6, 6.07) is 4.63. The van der Waals surface area contributed by atoms with Gasteiger partial charge in [0, 0.05) is 6.04 Å². The lowest BCUT2D eigenvalue weighted by atomic mass is 10.0. The third-order valence-corrected chi connectivity index (χ3v) is 3.24. The zero-order valence-electron chi connectivity index (χ0n) is 11.1. The van der Waals surface area contributed by atoms with Crippen LogP contribution in [0.15, 0.2) is 12.1 Å². The second-order valence-electron chi connectivity index (χ2n) is 5.49. The van der Waals surface area contributed by atoms with Crippen molar-refractivity contribution >= 4 is 0 Å². The molecule has 2 nitrogen and oxygen atoms in total. The van der Waals surface area contributed by atoms with Crippen molar-refractivity contribution in [1.82, 2.24) is 0 Å². The highest BCUT2D eigenvalue weighted by atomic mass is 16.5. The fourth-order valence-corrected chi connectivity index (χ4v) is 2.24. The van der Waals surface area contributed by atoms with Crippen molar-refractivity contribution in [2.75, 3.05) is 6.61 Å². The molecule has 17 heavy (non-hydrogen) atoms. The van der Waals surface area contributed by atoms with Gasteiger partial charge in [0.15, 0.2) is 0 Å². The molecule has 2 rings (SSSR count). The molecular weight excluding hydrogens is 210 g/mol. The smallest absolute Gasteiger partial charge is 0.125 e. The Hall–Kier alpha value is -1.02. The molecule has 1 aliphatic rings. The molecule has 1 atom stereocenters. The largest absolute Gasteiger partial charge is 0.493 e. The number of benzene rings is 1. The summed E-state index contributed by atoms with van der Waals surface area (Å²) >= 11 is 0. The number of ether oxygens (including phenoxy) is 1. The van der Waals surface area contributed by atoms with Gasteiger partial charge in [0.25, 0.3) is 0 Å². The quantitative estimate of drug-likeness (QED) is 0.848. The van der Waals surface area contributed by atoms with E-state index in [2.05, 4.69) is 26.0 Å². The monoisotopic (exact) mass is 233 g/mol. The van der Waals surface area contributed by atoms with Gasteiger partial charge in [0.1, 0.15) is 5.75 Å². The number of hydrogen-bond acceptors (Lipinski definition) is 2. The van der Waals surface area contributed by atoms with Crippen molar-refractivity contribution in [3.63, 3.8) is 0 Å². The first-order chi connectivity index (χ1) is 8.06. The lowest BCUT2D eigenvalue weighted by Gasteiger charge is -2.14. The molecule has 2 N–H and O–H groups in total. The van der Waals surface area contributed by atoms with E-state index < -0.39 is 0 Å². The molecule has 0 heterocycles. The molecule has 0 saturated heterocycles. The second kappa shape index (κ2) is 5.09. The fourth-order valence-electron chi connectivity index (χ4n) is 2.24. The minimum Gasteiger partial charge on any atom is -0.493 e. The molecule has 1 aliphatic carbocycles. The van der Waals surface area contributed by atoms with Crippen LogP contribution in [0, 0.1) is 19.8 Å². The molecule has 0 aromatic heterocycles. The van der Waals surface area contributed by atoms with Gasteiger partial charge in [0.05, 0.1) is 6.61 Å². The van der Waals surface area contributed by atoms with Crippen LogP contribution >= 0.6 is 0 Å². The van der Waals surface area contributed by atoms with E-state index in [1.807, 2.05) is 6.92 Å². The predicted octanol–water partition coefficient (Wildman–Crippen LogP) is 2.98. The van der Waals surface area contributed by atoms with Gasteiger partial charge in [0.2, 0.25) is 0 Å². The zero-order valence-corrected chi connectivity index (χ0v) is 11.1. The molecule has 1 aromatic carbocycles. The van der Waals surface area contributed by atoms with Crippen LogP contribution in [0.4, 0.5) is 0 Å². The second-order valence-corrected chi connectivity index (χ2v) is 5.49. The van der Waals surface area contributed by atoms with Crippen LogP contribution in [-0.2, 0) is 6.42 Å². The summed E-state index contributed by atoms with van der Waals surface area (Å²) in [6.07, 6.45) is 3.60. The topological polar surface area (TPSA) is 35.2 Å². The van der Waals surface area contributed by atoms with E-state index in [0.29, 0.717) is 0 Å². The minimum absolute atomic E-state index is 0.215. The number of nitrogens with two attached hydrogens (primary N) is 1. The van der Waals surface area contributed by atoms with Crippen LogP contribution in [0.5, 0.6) is 5.75 Å². The number of rotatable bonds is 5. The summed E-state index contributed by atoms with van der Waals surface area (Å²) in [5, 5.41) is 0. The normalized spacial score (nSPS) is 16.9. The summed E-state index contributed by atoms with van der Waals surface area (Å²) in [7, 11) is 0. The van der Waals surface area contributed by atoms with Gasteiger partial charge in [-0.05, 0) is 62.6 Å². The van der Waals surface area contributed by atoms with Gasteiger partial charge in [-0.2, -0.15) is 0 Å². The lowest BCUT2D eigenvalue weighted by Crippen LogP contribution is -2.18. The first kappa shape index (κ1) is 12.4. The van der Waals surface area contributed by atoms with Gasteiger partial charge in [-0.3, -0.25) is 0 Å². The molecule has 1 aromatic rings. The van der Waals surface area contributed by atoms with Crippen LogP contribution in [0.3, 0.4) is 0 Å². The molecule has 0 bridgehead atoms. The van der Waals surface area contributed by atoms with E-state index in [4.69, 9.17) is 10.5 Å². The molecule has 1 unspecified atom stereocenters. The molecular formula is C15H23NO. The molecule has 0 radical (unpaired) electrons. The summed E-state index contributed by atoms with van der Waals surface area (Å²) < 4.78 is 5.92. The zero-order chi connectivity index (χ0) is 12.4. The van der Waals surface area contributed by atoms with Crippen LogP contribution in [0.1, 0.15) is 36.5 Å². The summed E-state index contributed by atoms with van der Waals surface area (Å²) in [4.78, 5) is 0. The summed E-state index contributed by atoms with van der Waals surface area (Å²) in [5.74, 6) is 1.88. The van der Waals surface area contributed by atoms with E-state index in [9.17, 15) is 0 Å². The van der Waals surface area contributed by atoms with Crippen LogP contribution in [0.25, 0.3) is 0 Å². The Balaban J connectivity index is 2.09. The highest BCUT2D eigenvalue weighted by Crippen LogP contribution is 2.32. The van der Waals surface area contributed by atoms with E-state index >= 15 is 0 Å². The van der Waals surface area contributed by atoms with Gasteiger partial charge < -0.3 is 10.5 Å². The molecule has 1 saturated carbocycles. The highest BCUT2D eigenvalue weighted by molar-refractivity contribution is 5.43. The number of aryl methyl sites for hydroxylation is 2. The Bertz CT molecular complexity index is 371. The van der Waals surface area contributed by atoms with Crippen LogP contribution in [-0.4, -0.2) is 12.6 Å². The van der Waals surface area contributed by atoms with Crippen molar-refractivity contribution in [3.05, 3.63) is 28.8 Å². The van der Waals surface area contributed by atoms with Gasteiger partial charge in [-0.1, -0.05) is 12.1 Å². The predicted molar refractivity (Wildman–Crippen MR) is 71.5 cm³/mol. The fraction of sp³-hybridized carbons (Fsp3) is 0.600. The minimum atomic E-state index is 0.215. The third kappa shape index (κ3) is 3.47. The highest BCUT2D eigenvalue weighted by Gasteiger charge is 2.22. The van der Waals surface area contributed by atoms with E-state index in [0.717, 1.165) is 24.7 Å².